The van der Waals surface area contributed by atoms with Crippen molar-refractivity contribution in [1.29, 1.82) is 0 Å². The van der Waals surface area contributed by atoms with Crippen molar-refractivity contribution < 1.29 is 4.79 Å². The minimum absolute atomic E-state index is 0.148. The number of carbonyl (C=O) groups is 1. The lowest BCUT2D eigenvalue weighted by Crippen LogP contribution is -2.22. The van der Waals surface area contributed by atoms with E-state index in [1.165, 1.54) is 17.4 Å². The lowest BCUT2D eigenvalue weighted by Gasteiger charge is -2.06. The second-order valence-electron chi connectivity index (χ2n) is 4.68. The van der Waals surface area contributed by atoms with Gasteiger partial charge in [0.05, 0.1) is 17.6 Å². The summed E-state index contributed by atoms with van der Waals surface area (Å²) in [6, 6.07) is 7.98. The van der Waals surface area contributed by atoms with Crippen molar-refractivity contribution in [3.63, 3.8) is 0 Å². The van der Waals surface area contributed by atoms with E-state index in [2.05, 4.69) is 26.8 Å². The number of amides is 1. The molecule has 0 aliphatic heterocycles. The second-order valence-corrected chi connectivity index (χ2v) is 5.61. The molecule has 0 radical (unpaired) electrons. The third-order valence-electron chi connectivity index (χ3n) is 3.30. The summed E-state index contributed by atoms with van der Waals surface area (Å²) in [6.07, 6.45) is 4.92. The van der Waals surface area contributed by atoms with Crippen LogP contribution in [0.5, 0.6) is 0 Å². The maximum Gasteiger partial charge on any atom is 0.244 e. The predicted molar refractivity (Wildman–Crippen MR) is 88.4 cm³/mol. The Balaban J connectivity index is 1.70. The molecule has 0 unspecified atom stereocenters. The summed E-state index contributed by atoms with van der Waals surface area (Å²) >= 11 is 1.49. The first-order valence-corrected chi connectivity index (χ1v) is 7.95. The molecule has 112 valence electrons. The zero-order chi connectivity index (χ0) is 15.4. The van der Waals surface area contributed by atoms with Gasteiger partial charge >= 0.3 is 0 Å². The molecule has 3 rings (SSSR count). The summed E-state index contributed by atoms with van der Waals surface area (Å²) in [7, 11) is 0. The van der Waals surface area contributed by atoms with E-state index in [-0.39, 0.29) is 5.91 Å². The van der Waals surface area contributed by atoms with Gasteiger partial charge < -0.3 is 9.88 Å². The number of hydrogen-bond donors (Lipinski definition) is 1. The highest BCUT2D eigenvalue weighted by Crippen LogP contribution is 2.15. The Morgan fingerprint density at radius 2 is 2.27 bits per heavy atom. The molecule has 0 spiro atoms. The molecule has 0 aliphatic rings. The number of nitrogens with one attached hydrogen (secondary N) is 1. The van der Waals surface area contributed by atoms with Gasteiger partial charge in [-0.2, -0.15) is 0 Å². The van der Waals surface area contributed by atoms with Crippen molar-refractivity contribution >= 4 is 34.4 Å². The van der Waals surface area contributed by atoms with Crippen LogP contribution in [-0.2, 0) is 17.9 Å². The Bertz CT molecular complexity index is 805. The Kier molecular flexibility index (Phi) is 4.29. The quantitative estimate of drug-likeness (QED) is 0.737. The fourth-order valence-corrected chi connectivity index (χ4v) is 2.83. The monoisotopic (exact) mass is 312 g/mol. The van der Waals surface area contributed by atoms with Crippen LogP contribution in [0, 0.1) is 0 Å². The number of thiazole rings is 1. The largest absolute Gasteiger partial charge is 0.345 e. The molecule has 2 heterocycles. The van der Waals surface area contributed by atoms with Crippen LogP contribution in [-0.4, -0.2) is 20.4 Å². The lowest BCUT2D eigenvalue weighted by atomic mass is 10.3. The molecule has 5 nitrogen and oxygen atoms in total. The predicted octanol–water partition coefficient (Wildman–Crippen LogP) is 2.84. The number of para-hydroxylation sites is 2. The van der Waals surface area contributed by atoms with Crippen molar-refractivity contribution in [3.8, 4) is 0 Å². The van der Waals surface area contributed by atoms with Gasteiger partial charge in [-0.15, -0.1) is 11.3 Å². The van der Waals surface area contributed by atoms with Crippen LogP contribution < -0.4 is 5.32 Å². The molecule has 0 aliphatic carbocycles. The van der Waals surface area contributed by atoms with Gasteiger partial charge in [-0.05, 0) is 25.1 Å². The SMILES string of the molecule is CCn1c(CNC(=O)/C=C/c2nccs2)nc2ccccc21. The molecule has 1 N–H and O–H groups in total. The molecular formula is C16H16N4OS. The van der Waals surface area contributed by atoms with Crippen molar-refractivity contribution in [2.24, 2.45) is 0 Å². The number of nitrogens with zero attached hydrogens (tertiary/aromatic N) is 3. The number of rotatable bonds is 5. The summed E-state index contributed by atoms with van der Waals surface area (Å²) in [5, 5.41) is 5.56. The number of aryl methyl sites for hydroxylation is 1. The summed E-state index contributed by atoms with van der Waals surface area (Å²) in [6.45, 7) is 3.30. The first-order chi connectivity index (χ1) is 10.8. The van der Waals surface area contributed by atoms with E-state index in [0.29, 0.717) is 6.54 Å². The third kappa shape index (κ3) is 3.07. The van der Waals surface area contributed by atoms with Crippen LogP contribution in [0.15, 0.2) is 41.9 Å². The zero-order valence-electron chi connectivity index (χ0n) is 12.2. The number of carbonyl (C=O) groups excluding carboxylic acids is 1. The average Bonchev–Trinajstić information content (AvgIpc) is 3.17. The highest BCUT2D eigenvalue weighted by molar-refractivity contribution is 7.10. The van der Waals surface area contributed by atoms with Gasteiger partial charge in [0.25, 0.3) is 0 Å². The molecule has 0 bridgehead atoms. The molecule has 0 saturated heterocycles. The van der Waals surface area contributed by atoms with Gasteiger partial charge in [-0.1, -0.05) is 12.1 Å². The van der Waals surface area contributed by atoms with E-state index in [9.17, 15) is 4.79 Å². The standard InChI is InChI=1S/C16H16N4OS/c1-2-20-13-6-4-3-5-12(13)19-14(20)11-18-15(21)7-8-16-17-9-10-22-16/h3-10H,2,11H2,1H3,(H,18,21)/b8-7+. The van der Waals surface area contributed by atoms with Crippen LogP contribution in [0.4, 0.5) is 0 Å². The second kappa shape index (κ2) is 6.53. The third-order valence-corrected chi connectivity index (χ3v) is 4.04. The highest BCUT2D eigenvalue weighted by atomic mass is 32.1. The number of fused-ring (bicyclic) bond motifs is 1. The normalized spacial score (nSPS) is 11.3. The summed E-state index contributed by atoms with van der Waals surface area (Å²) in [5.74, 6) is 0.713. The molecule has 0 fully saturated rings. The van der Waals surface area contributed by atoms with Gasteiger partial charge in [-0.3, -0.25) is 4.79 Å². The van der Waals surface area contributed by atoms with E-state index >= 15 is 0 Å². The fraction of sp³-hybridized carbons (Fsp3) is 0.188. The van der Waals surface area contributed by atoms with Crippen LogP contribution in [0.1, 0.15) is 17.8 Å². The van der Waals surface area contributed by atoms with Crippen molar-refractivity contribution in [2.45, 2.75) is 20.0 Å². The number of benzene rings is 1. The fourth-order valence-electron chi connectivity index (χ4n) is 2.30. The Labute approximate surface area is 132 Å². The van der Waals surface area contributed by atoms with Gasteiger partial charge in [0.15, 0.2) is 0 Å². The maximum atomic E-state index is 11.9. The van der Waals surface area contributed by atoms with Crippen LogP contribution >= 0.6 is 11.3 Å². The molecule has 22 heavy (non-hydrogen) atoms. The first kappa shape index (κ1) is 14.5. The molecule has 1 aromatic carbocycles. The van der Waals surface area contributed by atoms with E-state index in [4.69, 9.17) is 0 Å². The minimum Gasteiger partial charge on any atom is -0.345 e. The zero-order valence-corrected chi connectivity index (χ0v) is 13.0. The maximum absolute atomic E-state index is 11.9. The lowest BCUT2D eigenvalue weighted by molar-refractivity contribution is -0.116. The topological polar surface area (TPSA) is 59.8 Å². The van der Waals surface area contributed by atoms with Crippen molar-refractivity contribution in [3.05, 3.63) is 52.8 Å². The van der Waals surface area contributed by atoms with Gasteiger partial charge in [0, 0.05) is 24.2 Å². The van der Waals surface area contributed by atoms with Crippen LogP contribution in [0.3, 0.4) is 0 Å². The molecule has 1 amide bonds. The summed E-state index contributed by atoms with van der Waals surface area (Å²) in [5.41, 5.74) is 2.04. The average molecular weight is 312 g/mol. The van der Waals surface area contributed by atoms with E-state index < -0.39 is 0 Å². The summed E-state index contributed by atoms with van der Waals surface area (Å²) < 4.78 is 2.11. The number of imidazole rings is 1. The highest BCUT2D eigenvalue weighted by Gasteiger charge is 2.09. The molecule has 0 saturated carbocycles. The number of aromatic nitrogens is 3. The molecular weight excluding hydrogens is 296 g/mol. The van der Waals surface area contributed by atoms with E-state index in [1.54, 1.807) is 12.3 Å². The van der Waals surface area contributed by atoms with Gasteiger partial charge in [-0.25, -0.2) is 9.97 Å². The molecule has 3 aromatic rings. The molecule has 0 atom stereocenters. The smallest absolute Gasteiger partial charge is 0.244 e. The number of hydrogen-bond acceptors (Lipinski definition) is 4. The first-order valence-electron chi connectivity index (χ1n) is 7.07. The summed E-state index contributed by atoms with van der Waals surface area (Å²) in [4.78, 5) is 20.5. The van der Waals surface area contributed by atoms with Crippen molar-refractivity contribution in [1.82, 2.24) is 19.9 Å². The van der Waals surface area contributed by atoms with Gasteiger partial charge in [0.2, 0.25) is 5.91 Å². The van der Waals surface area contributed by atoms with E-state index in [0.717, 1.165) is 28.4 Å². The van der Waals surface area contributed by atoms with Crippen LogP contribution in [0.2, 0.25) is 0 Å². The Hall–Kier alpha value is -2.47. The minimum atomic E-state index is -0.148. The Morgan fingerprint density at radius 1 is 1.41 bits per heavy atom. The Morgan fingerprint density at radius 3 is 3.05 bits per heavy atom. The molecule has 2 aromatic heterocycles. The van der Waals surface area contributed by atoms with Gasteiger partial charge in [0.1, 0.15) is 10.8 Å². The molecule has 6 heteroatoms. The van der Waals surface area contributed by atoms with Crippen molar-refractivity contribution in [2.75, 3.05) is 0 Å². The van der Waals surface area contributed by atoms with Crippen LogP contribution in [0.25, 0.3) is 17.1 Å². The van der Waals surface area contributed by atoms with E-state index in [1.807, 2.05) is 29.6 Å².